The quantitative estimate of drug-likeness (QED) is 0.536. The lowest BCUT2D eigenvalue weighted by atomic mass is 10.2. The highest BCUT2D eigenvalue weighted by atomic mass is 79.9. The van der Waals surface area contributed by atoms with Crippen LogP contribution in [0.4, 0.5) is 23.0 Å². The molecule has 2 nitrogen and oxygen atoms in total. The van der Waals surface area contributed by atoms with E-state index in [-0.39, 0.29) is 0 Å². The SMILES string of the molecule is CN1OCc2ccc(Br)cc21.F[B-](F)(F)F. The van der Waals surface area contributed by atoms with Gasteiger partial charge in [-0.2, -0.15) is 0 Å². The number of nitrogens with zero attached hydrogens (tertiary/aromatic N) is 1. The Labute approximate surface area is 98.4 Å². The van der Waals surface area contributed by atoms with E-state index in [0.717, 1.165) is 10.2 Å². The molecule has 0 saturated carbocycles. The van der Waals surface area contributed by atoms with Crippen LogP contribution in [0.3, 0.4) is 0 Å². The predicted molar refractivity (Wildman–Crippen MR) is 57.5 cm³/mol. The molecule has 16 heavy (non-hydrogen) atoms. The van der Waals surface area contributed by atoms with Gasteiger partial charge in [0.2, 0.25) is 0 Å². The molecule has 0 fully saturated rings. The van der Waals surface area contributed by atoms with Gasteiger partial charge in [-0.1, -0.05) is 22.0 Å². The van der Waals surface area contributed by atoms with Gasteiger partial charge in [0.05, 0.1) is 5.69 Å². The molecule has 2 rings (SSSR count). The van der Waals surface area contributed by atoms with Crippen LogP contribution in [0.15, 0.2) is 22.7 Å². The zero-order valence-corrected chi connectivity index (χ0v) is 9.85. The van der Waals surface area contributed by atoms with Crippen LogP contribution in [0.5, 0.6) is 0 Å². The second kappa shape index (κ2) is 5.05. The molecule has 1 aliphatic rings. The number of anilines is 1. The number of hydrogen-bond donors (Lipinski definition) is 0. The molecule has 0 radical (unpaired) electrons. The third kappa shape index (κ3) is 4.40. The number of halogens is 5. The fraction of sp³-hybridized carbons (Fsp3) is 0.250. The van der Waals surface area contributed by atoms with E-state index in [1.165, 1.54) is 5.56 Å². The molecular formula is C8H8BBrF4NO-. The Morgan fingerprint density at radius 1 is 1.31 bits per heavy atom. The summed E-state index contributed by atoms with van der Waals surface area (Å²) in [4.78, 5) is 5.29. The molecule has 1 aliphatic heterocycles. The lowest BCUT2D eigenvalue weighted by Gasteiger charge is -2.09. The fourth-order valence-corrected chi connectivity index (χ4v) is 1.54. The summed E-state index contributed by atoms with van der Waals surface area (Å²) in [7, 11) is -4.09. The predicted octanol–water partition coefficient (Wildman–Crippen LogP) is 3.63. The van der Waals surface area contributed by atoms with Crippen LogP contribution in [0.2, 0.25) is 0 Å². The monoisotopic (exact) mass is 300 g/mol. The number of hydrogen-bond acceptors (Lipinski definition) is 2. The van der Waals surface area contributed by atoms with Crippen molar-refractivity contribution < 1.29 is 22.1 Å². The van der Waals surface area contributed by atoms with Crippen molar-refractivity contribution in [2.24, 2.45) is 0 Å². The van der Waals surface area contributed by atoms with Gasteiger partial charge in [-0.3, -0.25) is 9.90 Å². The summed E-state index contributed by atoms with van der Waals surface area (Å²) >= 11 is 3.41. The maximum absolute atomic E-state index is 9.75. The van der Waals surface area contributed by atoms with Gasteiger partial charge in [0.1, 0.15) is 6.61 Å². The van der Waals surface area contributed by atoms with E-state index in [1.807, 2.05) is 13.1 Å². The van der Waals surface area contributed by atoms with Gasteiger partial charge in [0, 0.05) is 17.1 Å². The van der Waals surface area contributed by atoms with Crippen LogP contribution in [-0.4, -0.2) is 14.3 Å². The van der Waals surface area contributed by atoms with E-state index >= 15 is 0 Å². The second-order valence-electron chi connectivity index (χ2n) is 3.04. The topological polar surface area (TPSA) is 12.5 Å². The minimum Gasteiger partial charge on any atom is -0.418 e. The fourth-order valence-electron chi connectivity index (χ4n) is 1.19. The third-order valence-corrected chi connectivity index (χ3v) is 2.29. The van der Waals surface area contributed by atoms with E-state index < -0.39 is 7.25 Å². The summed E-state index contributed by atoms with van der Waals surface area (Å²) in [6, 6.07) is 6.16. The zero-order valence-electron chi connectivity index (χ0n) is 8.26. The first-order valence-corrected chi connectivity index (χ1v) is 5.09. The Bertz CT molecular complexity index is 368. The first kappa shape index (κ1) is 13.3. The summed E-state index contributed by atoms with van der Waals surface area (Å²) in [5, 5.41) is 1.79. The van der Waals surface area contributed by atoms with E-state index in [4.69, 9.17) is 4.84 Å². The highest BCUT2D eigenvalue weighted by molar-refractivity contribution is 9.10. The Balaban J connectivity index is 0.000000221. The molecule has 1 aromatic carbocycles. The number of hydroxylamine groups is 1. The summed E-state index contributed by atoms with van der Waals surface area (Å²) in [6.45, 7) is 0.694. The molecule has 0 bridgehead atoms. The van der Waals surface area contributed by atoms with Crippen molar-refractivity contribution in [1.29, 1.82) is 0 Å². The molecule has 0 aromatic heterocycles. The van der Waals surface area contributed by atoms with Crippen LogP contribution in [-0.2, 0) is 11.4 Å². The Morgan fingerprint density at radius 2 is 1.88 bits per heavy atom. The average Bonchev–Trinajstić information content (AvgIpc) is 2.45. The van der Waals surface area contributed by atoms with Crippen molar-refractivity contribution in [3.63, 3.8) is 0 Å². The maximum atomic E-state index is 9.75. The molecule has 0 saturated heterocycles. The van der Waals surface area contributed by atoms with Crippen LogP contribution in [0.1, 0.15) is 5.56 Å². The van der Waals surface area contributed by atoms with Gasteiger partial charge in [-0.05, 0) is 12.1 Å². The molecule has 90 valence electrons. The van der Waals surface area contributed by atoms with E-state index in [9.17, 15) is 17.3 Å². The average molecular weight is 301 g/mol. The smallest absolute Gasteiger partial charge is 0.418 e. The van der Waals surface area contributed by atoms with Gasteiger partial charge in [0.25, 0.3) is 0 Å². The molecular weight excluding hydrogens is 293 g/mol. The molecule has 0 unspecified atom stereocenters. The molecule has 8 heteroatoms. The highest BCUT2D eigenvalue weighted by Crippen LogP contribution is 2.30. The van der Waals surface area contributed by atoms with Gasteiger partial charge >= 0.3 is 7.25 Å². The Hall–Kier alpha value is -0.755. The Kier molecular flexibility index (Phi) is 4.20. The molecule has 1 aromatic rings. The summed E-state index contributed by atoms with van der Waals surface area (Å²) in [5.74, 6) is 0. The molecule has 0 atom stereocenters. The van der Waals surface area contributed by atoms with Gasteiger partial charge in [-0.25, -0.2) is 0 Å². The number of fused-ring (bicyclic) bond motifs is 1. The van der Waals surface area contributed by atoms with Crippen LogP contribution in [0.25, 0.3) is 0 Å². The maximum Gasteiger partial charge on any atom is 0.673 e. The molecule has 0 spiro atoms. The van der Waals surface area contributed by atoms with Crippen LogP contribution in [0, 0.1) is 0 Å². The normalized spacial score (nSPS) is 14.2. The molecule has 0 N–H and O–H groups in total. The van der Waals surface area contributed by atoms with Crippen molar-refractivity contribution in [3.05, 3.63) is 28.2 Å². The summed E-state index contributed by atoms with van der Waals surface area (Å²) in [5.41, 5.74) is 2.40. The third-order valence-electron chi connectivity index (χ3n) is 1.80. The molecule has 0 aliphatic carbocycles. The zero-order chi connectivity index (χ0) is 12.3. The first-order chi connectivity index (χ1) is 7.27. The number of benzene rings is 1. The van der Waals surface area contributed by atoms with Crippen molar-refractivity contribution in [2.45, 2.75) is 6.61 Å². The summed E-state index contributed by atoms with van der Waals surface area (Å²) < 4.78 is 40.1. The minimum atomic E-state index is -6.00. The van der Waals surface area contributed by atoms with Gasteiger partial charge in [-0.15, -0.1) is 0 Å². The van der Waals surface area contributed by atoms with Crippen molar-refractivity contribution in [3.8, 4) is 0 Å². The van der Waals surface area contributed by atoms with Crippen molar-refractivity contribution in [2.75, 3.05) is 12.1 Å². The second-order valence-corrected chi connectivity index (χ2v) is 3.95. The van der Waals surface area contributed by atoms with Crippen LogP contribution < -0.4 is 5.06 Å². The summed E-state index contributed by atoms with van der Waals surface area (Å²) in [6.07, 6.45) is 0. The lowest BCUT2D eigenvalue weighted by Crippen LogP contribution is -2.09. The van der Waals surface area contributed by atoms with E-state index in [1.54, 1.807) is 5.06 Å². The van der Waals surface area contributed by atoms with Gasteiger partial charge in [0.15, 0.2) is 0 Å². The van der Waals surface area contributed by atoms with E-state index in [2.05, 4.69) is 28.1 Å². The standard InChI is InChI=1S/C8H8BrNO.BF4/c1-10-8-4-7(9)3-2-6(8)5-11-10;2-1(3,4)5/h2-4H,5H2,1H3;/q;-1. The van der Waals surface area contributed by atoms with E-state index in [0.29, 0.717) is 6.61 Å². The first-order valence-electron chi connectivity index (χ1n) is 4.30. The largest absolute Gasteiger partial charge is 0.673 e. The minimum absolute atomic E-state index is 0.694. The van der Waals surface area contributed by atoms with Crippen molar-refractivity contribution in [1.82, 2.24) is 0 Å². The molecule has 0 amide bonds. The molecule has 1 heterocycles. The lowest BCUT2D eigenvalue weighted by molar-refractivity contribution is 0.131. The van der Waals surface area contributed by atoms with Gasteiger partial charge < -0.3 is 17.3 Å². The van der Waals surface area contributed by atoms with Crippen molar-refractivity contribution >= 4 is 28.9 Å². The Morgan fingerprint density at radius 3 is 2.44 bits per heavy atom. The highest BCUT2D eigenvalue weighted by Gasteiger charge is 2.20. The number of rotatable bonds is 0. The van der Waals surface area contributed by atoms with Crippen LogP contribution >= 0.6 is 15.9 Å².